The van der Waals surface area contributed by atoms with E-state index in [0.717, 1.165) is 59.7 Å². The molecule has 0 aliphatic carbocycles. The number of hydrogen-bond acceptors (Lipinski definition) is 7. The van der Waals surface area contributed by atoms with Crippen LogP contribution in [0.4, 0.5) is 14.5 Å². The number of oxime groups is 1. The smallest absolute Gasteiger partial charge is 0.126 e. The van der Waals surface area contributed by atoms with Crippen molar-refractivity contribution in [1.29, 1.82) is 0 Å². The lowest BCUT2D eigenvalue weighted by Gasteiger charge is -2.36. The average Bonchev–Trinajstić information content (AvgIpc) is 2.91. The van der Waals surface area contributed by atoms with Crippen LogP contribution >= 0.6 is 0 Å². The van der Waals surface area contributed by atoms with Crippen molar-refractivity contribution in [2.75, 3.05) is 31.1 Å². The first-order valence-corrected chi connectivity index (χ1v) is 12.2. The molecule has 37 heavy (non-hydrogen) atoms. The second-order valence-electron chi connectivity index (χ2n) is 9.03. The molecular formula is C28H27F2N5O2. The Kier molecular flexibility index (Phi) is 7.34. The Morgan fingerprint density at radius 2 is 1.78 bits per heavy atom. The first kappa shape index (κ1) is 24.7. The van der Waals surface area contributed by atoms with Gasteiger partial charge in [-0.3, -0.25) is 9.97 Å². The zero-order valence-electron chi connectivity index (χ0n) is 20.1. The molecule has 0 amide bonds. The van der Waals surface area contributed by atoms with Crippen LogP contribution in [-0.2, 0) is 0 Å². The van der Waals surface area contributed by atoms with Gasteiger partial charge in [0.05, 0.1) is 29.7 Å². The first-order chi connectivity index (χ1) is 18.1. The van der Waals surface area contributed by atoms with Crippen molar-refractivity contribution in [1.82, 2.24) is 15.3 Å². The van der Waals surface area contributed by atoms with Gasteiger partial charge in [0.1, 0.15) is 11.6 Å². The number of anilines is 1. The van der Waals surface area contributed by atoms with E-state index in [2.05, 4.69) is 25.3 Å². The van der Waals surface area contributed by atoms with Crippen LogP contribution in [0.1, 0.15) is 18.5 Å². The molecule has 1 aliphatic heterocycles. The number of nitrogens with zero attached hydrogens (tertiary/aromatic N) is 4. The first-order valence-electron chi connectivity index (χ1n) is 12.2. The van der Waals surface area contributed by atoms with Gasteiger partial charge in [-0.15, -0.1) is 0 Å². The van der Waals surface area contributed by atoms with Crippen LogP contribution in [0.3, 0.4) is 0 Å². The van der Waals surface area contributed by atoms with Crippen molar-refractivity contribution in [3.05, 3.63) is 78.3 Å². The molecule has 0 saturated carbocycles. The molecule has 4 aromatic rings. The lowest BCUT2D eigenvalue weighted by molar-refractivity contribution is 0.277. The molecule has 1 fully saturated rings. The zero-order chi connectivity index (χ0) is 25.8. The SMILES string of the molecule is OCCNC1CCN(c2c(-c3cc(F)cc(F)c3)cnc3ccc(-c4cccnc4/C=N/O)cc23)CC1. The molecular weight excluding hydrogens is 476 g/mol. The average molecular weight is 504 g/mol. The van der Waals surface area contributed by atoms with Crippen LogP contribution in [0.25, 0.3) is 33.2 Å². The quantitative estimate of drug-likeness (QED) is 0.194. The van der Waals surface area contributed by atoms with Crippen molar-refractivity contribution in [3.63, 3.8) is 0 Å². The fraction of sp³-hybridized carbons (Fsp3) is 0.250. The monoisotopic (exact) mass is 503 g/mol. The van der Waals surface area contributed by atoms with Crippen molar-refractivity contribution in [3.8, 4) is 22.3 Å². The highest BCUT2D eigenvalue weighted by Gasteiger charge is 2.24. The Balaban J connectivity index is 1.66. The minimum absolute atomic E-state index is 0.0879. The fourth-order valence-corrected chi connectivity index (χ4v) is 5.00. The van der Waals surface area contributed by atoms with Crippen LogP contribution in [-0.4, -0.2) is 58.8 Å². The van der Waals surface area contributed by atoms with Crippen molar-refractivity contribution in [2.24, 2.45) is 5.16 Å². The van der Waals surface area contributed by atoms with E-state index >= 15 is 0 Å². The van der Waals surface area contributed by atoms with Crippen LogP contribution in [0.5, 0.6) is 0 Å². The van der Waals surface area contributed by atoms with Gasteiger partial charge in [0.15, 0.2) is 0 Å². The van der Waals surface area contributed by atoms with Gasteiger partial charge in [0.2, 0.25) is 0 Å². The van der Waals surface area contributed by atoms with Gasteiger partial charge >= 0.3 is 0 Å². The van der Waals surface area contributed by atoms with E-state index in [1.807, 2.05) is 30.3 Å². The van der Waals surface area contributed by atoms with Gasteiger partial charge in [-0.2, -0.15) is 0 Å². The van der Waals surface area contributed by atoms with E-state index < -0.39 is 11.6 Å². The maximum Gasteiger partial charge on any atom is 0.126 e. The number of benzene rings is 2. The third-order valence-electron chi connectivity index (χ3n) is 6.70. The number of halogens is 2. The van der Waals surface area contributed by atoms with E-state index in [-0.39, 0.29) is 12.6 Å². The number of pyridine rings is 2. The number of aromatic nitrogens is 2. The van der Waals surface area contributed by atoms with E-state index in [4.69, 9.17) is 10.3 Å². The molecule has 5 rings (SSSR count). The molecule has 0 radical (unpaired) electrons. The predicted octanol–water partition coefficient (Wildman–Crippen LogP) is 4.60. The largest absolute Gasteiger partial charge is 0.411 e. The zero-order valence-corrected chi connectivity index (χ0v) is 20.1. The maximum absolute atomic E-state index is 14.2. The minimum Gasteiger partial charge on any atom is -0.411 e. The molecule has 7 nitrogen and oxygen atoms in total. The highest BCUT2D eigenvalue weighted by molar-refractivity contribution is 6.02. The maximum atomic E-state index is 14.2. The van der Waals surface area contributed by atoms with E-state index in [0.29, 0.717) is 23.4 Å². The summed E-state index contributed by atoms with van der Waals surface area (Å²) in [6.07, 6.45) is 6.31. The number of aliphatic hydroxyl groups is 1. The molecule has 3 N–H and O–H groups in total. The third-order valence-corrected chi connectivity index (χ3v) is 6.70. The molecule has 1 aliphatic rings. The summed E-state index contributed by atoms with van der Waals surface area (Å²) in [5.41, 5.74) is 4.82. The van der Waals surface area contributed by atoms with Crippen LogP contribution in [0.2, 0.25) is 0 Å². The summed E-state index contributed by atoms with van der Waals surface area (Å²) in [6, 6.07) is 13.3. The molecule has 3 heterocycles. The summed E-state index contributed by atoms with van der Waals surface area (Å²) in [5.74, 6) is -1.30. The molecule has 0 unspecified atom stereocenters. The second kappa shape index (κ2) is 11.0. The Morgan fingerprint density at radius 1 is 1.00 bits per heavy atom. The van der Waals surface area contributed by atoms with Crippen molar-refractivity contribution in [2.45, 2.75) is 18.9 Å². The molecule has 2 aromatic carbocycles. The topological polar surface area (TPSA) is 93.9 Å². The fourth-order valence-electron chi connectivity index (χ4n) is 5.00. The molecule has 0 atom stereocenters. The predicted molar refractivity (Wildman–Crippen MR) is 140 cm³/mol. The van der Waals surface area contributed by atoms with Crippen LogP contribution in [0, 0.1) is 11.6 Å². The van der Waals surface area contributed by atoms with Gasteiger partial charge in [-0.05, 0) is 54.3 Å². The second-order valence-corrected chi connectivity index (χ2v) is 9.03. The summed E-state index contributed by atoms with van der Waals surface area (Å²) in [7, 11) is 0. The summed E-state index contributed by atoms with van der Waals surface area (Å²) < 4.78 is 28.5. The summed E-state index contributed by atoms with van der Waals surface area (Å²) >= 11 is 0. The van der Waals surface area contributed by atoms with Gasteiger partial charge in [0, 0.05) is 60.6 Å². The Hall–Kier alpha value is -3.95. The number of aliphatic hydroxyl groups excluding tert-OH is 1. The summed E-state index contributed by atoms with van der Waals surface area (Å²) in [4.78, 5) is 11.2. The number of hydrogen-bond donors (Lipinski definition) is 3. The molecule has 9 heteroatoms. The lowest BCUT2D eigenvalue weighted by atomic mass is 9.95. The lowest BCUT2D eigenvalue weighted by Crippen LogP contribution is -2.43. The van der Waals surface area contributed by atoms with Crippen molar-refractivity contribution < 1.29 is 19.1 Å². The normalized spacial score (nSPS) is 14.6. The summed E-state index contributed by atoms with van der Waals surface area (Å²) in [6.45, 7) is 2.09. The van der Waals surface area contributed by atoms with Crippen LogP contribution < -0.4 is 10.2 Å². The number of rotatable bonds is 7. The van der Waals surface area contributed by atoms with Crippen molar-refractivity contribution >= 4 is 22.8 Å². The van der Waals surface area contributed by atoms with E-state index in [1.165, 1.54) is 18.3 Å². The van der Waals surface area contributed by atoms with E-state index in [9.17, 15) is 8.78 Å². The number of piperidine rings is 1. The van der Waals surface area contributed by atoms with Crippen LogP contribution in [0.15, 0.2) is 66.1 Å². The van der Waals surface area contributed by atoms with Gasteiger partial charge in [-0.1, -0.05) is 17.3 Å². The minimum atomic E-state index is -0.648. The van der Waals surface area contributed by atoms with E-state index in [1.54, 1.807) is 12.4 Å². The standard InChI is InChI=1S/C28H27F2N5O2/c29-20-12-19(13-21(30)15-20)25-16-33-26-4-3-18(23-2-1-7-32-27(23)17-34-37)14-24(26)28(25)35-9-5-22(6-10-35)31-8-11-36/h1-4,7,12-17,22,31,36-37H,5-6,8-11H2/b34-17+. The highest BCUT2D eigenvalue weighted by atomic mass is 19.1. The Morgan fingerprint density at radius 3 is 2.51 bits per heavy atom. The molecule has 1 saturated heterocycles. The molecule has 2 aromatic heterocycles. The Bertz CT molecular complexity index is 1420. The highest BCUT2D eigenvalue weighted by Crippen LogP contribution is 2.40. The number of nitrogens with one attached hydrogen (secondary N) is 1. The molecule has 0 spiro atoms. The van der Waals surface area contributed by atoms with Gasteiger partial charge < -0.3 is 20.5 Å². The summed E-state index contributed by atoms with van der Waals surface area (Å²) in [5, 5.41) is 25.6. The molecule has 190 valence electrons. The molecule has 0 bridgehead atoms. The van der Waals surface area contributed by atoms with Gasteiger partial charge in [-0.25, -0.2) is 8.78 Å². The number of fused-ring (bicyclic) bond motifs is 1. The third kappa shape index (κ3) is 5.28. The Labute approximate surface area is 213 Å². The van der Waals surface area contributed by atoms with Gasteiger partial charge in [0.25, 0.3) is 0 Å².